The van der Waals surface area contributed by atoms with Crippen LogP contribution in [0.1, 0.15) is 26.7 Å². The van der Waals surface area contributed by atoms with Crippen molar-refractivity contribution in [2.75, 3.05) is 0 Å². The van der Waals surface area contributed by atoms with Crippen LogP contribution < -0.4 is 0 Å². The molecule has 43 valence electrons. The maximum absolute atomic E-state index is 2.29. The van der Waals surface area contributed by atoms with Gasteiger partial charge >= 0.3 is 56.7 Å². The van der Waals surface area contributed by atoms with Gasteiger partial charge in [-0.25, -0.2) is 0 Å². The van der Waals surface area contributed by atoms with Crippen molar-refractivity contribution < 1.29 is 0 Å². The Balaban J connectivity index is 2.45. The SMILES string of the molecule is CC[CH2][SnH][CH2]CC. The van der Waals surface area contributed by atoms with Crippen molar-refractivity contribution in [1.82, 2.24) is 0 Å². The fraction of sp³-hybridized carbons (Fsp3) is 1.00. The summed E-state index contributed by atoms with van der Waals surface area (Å²) >= 11 is 0.0336. The molecule has 0 bridgehead atoms. The molecule has 0 unspecified atom stereocenters. The molecule has 0 aliphatic heterocycles. The van der Waals surface area contributed by atoms with Gasteiger partial charge in [-0.05, 0) is 0 Å². The molecule has 0 aromatic carbocycles. The van der Waals surface area contributed by atoms with E-state index in [9.17, 15) is 0 Å². The van der Waals surface area contributed by atoms with Crippen molar-refractivity contribution in [1.29, 1.82) is 0 Å². The Morgan fingerprint density at radius 2 is 1.43 bits per heavy atom. The minimum absolute atomic E-state index is 0.0336. The van der Waals surface area contributed by atoms with Crippen LogP contribution in [0.3, 0.4) is 0 Å². The third-order valence-corrected chi connectivity index (χ3v) is 6.61. The summed E-state index contributed by atoms with van der Waals surface area (Å²) in [6.07, 6.45) is 2.89. The normalized spacial score (nSPS) is 9.43. The van der Waals surface area contributed by atoms with Crippen molar-refractivity contribution in [2.45, 2.75) is 35.6 Å². The Bertz CT molecular complexity index is 23.4. The zero-order valence-corrected chi connectivity index (χ0v) is 8.70. The molecule has 0 aromatic heterocycles. The zero-order valence-electron chi connectivity index (χ0n) is 5.41. The van der Waals surface area contributed by atoms with Crippen LogP contribution in [0.2, 0.25) is 8.87 Å². The fourth-order valence-electron chi connectivity index (χ4n) is 0.553. The summed E-state index contributed by atoms with van der Waals surface area (Å²) in [7, 11) is 0. The molecule has 0 aliphatic rings. The quantitative estimate of drug-likeness (QED) is 0.487. The molecule has 0 amide bonds. The van der Waals surface area contributed by atoms with Gasteiger partial charge in [0.05, 0.1) is 0 Å². The van der Waals surface area contributed by atoms with Crippen LogP contribution in [0, 0.1) is 0 Å². The zero-order chi connectivity index (χ0) is 5.54. The van der Waals surface area contributed by atoms with E-state index in [-0.39, 0.29) is 21.1 Å². The van der Waals surface area contributed by atoms with Gasteiger partial charge in [0.15, 0.2) is 0 Å². The fourth-order valence-corrected chi connectivity index (χ4v) is 3.71. The van der Waals surface area contributed by atoms with Crippen LogP contribution >= 0.6 is 0 Å². The second kappa shape index (κ2) is 6.80. The van der Waals surface area contributed by atoms with E-state index in [1.165, 1.54) is 12.8 Å². The van der Waals surface area contributed by atoms with Gasteiger partial charge in [-0.3, -0.25) is 0 Å². The van der Waals surface area contributed by atoms with Gasteiger partial charge < -0.3 is 0 Å². The van der Waals surface area contributed by atoms with Gasteiger partial charge in [0.1, 0.15) is 0 Å². The molecule has 0 saturated heterocycles. The Morgan fingerprint density at radius 3 is 1.71 bits per heavy atom. The van der Waals surface area contributed by atoms with Crippen LogP contribution in [-0.2, 0) is 0 Å². The molecule has 0 nitrogen and oxygen atoms in total. The molecule has 0 aromatic rings. The van der Waals surface area contributed by atoms with Crippen LogP contribution in [-0.4, -0.2) is 21.1 Å². The van der Waals surface area contributed by atoms with Crippen molar-refractivity contribution in [3.05, 3.63) is 0 Å². The van der Waals surface area contributed by atoms with E-state index >= 15 is 0 Å². The molecular weight excluding hydrogens is 191 g/mol. The van der Waals surface area contributed by atoms with Crippen molar-refractivity contribution >= 4 is 21.1 Å². The van der Waals surface area contributed by atoms with Crippen molar-refractivity contribution in [3.8, 4) is 0 Å². The molecule has 0 fully saturated rings. The van der Waals surface area contributed by atoms with E-state index in [4.69, 9.17) is 0 Å². The van der Waals surface area contributed by atoms with E-state index in [0.717, 1.165) is 0 Å². The second-order valence-corrected chi connectivity index (χ2v) is 6.81. The summed E-state index contributed by atoms with van der Waals surface area (Å²) in [5.74, 6) is 0. The number of rotatable bonds is 4. The molecule has 0 spiro atoms. The number of hydrogen-bond donors (Lipinski definition) is 0. The first-order chi connectivity index (χ1) is 3.41. The topological polar surface area (TPSA) is 0 Å². The average molecular weight is 206 g/mol. The Kier molecular flexibility index (Phi) is 7.57. The summed E-state index contributed by atoms with van der Waals surface area (Å²) in [5, 5.41) is 0. The van der Waals surface area contributed by atoms with E-state index in [1.807, 2.05) is 0 Å². The first-order valence-corrected chi connectivity index (χ1v) is 7.89. The molecule has 1 heteroatoms. The van der Waals surface area contributed by atoms with Gasteiger partial charge in [0.2, 0.25) is 0 Å². The first kappa shape index (κ1) is 7.80. The molecule has 1 radical (unpaired) electrons. The van der Waals surface area contributed by atoms with Gasteiger partial charge in [0, 0.05) is 0 Å². The predicted molar refractivity (Wildman–Crippen MR) is 37.3 cm³/mol. The van der Waals surface area contributed by atoms with Gasteiger partial charge in [-0.15, -0.1) is 0 Å². The maximum atomic E-state index is 2.29. The standard InChI is InChI=1S/2C3H7.Sn.H/c2*1-3-2;;/h2*1,3H2,2H3;;. The first-order valence-electron chi connectivity index (χ1n) is 3.23. The van der Waals surface area contributed by atoms with Crippen LogP contribution in [0.15, 0.2) is 0 Å². The molecule has 0 saturated carbocycles. The van der Waals surface area contributed by atoms with Crippen molar-refractivity contribution in [2.24, 2.45) is 0 Å². The third-order valence-electron chi connectivity index (χ3n) is 0.986. The van der Waals surface area contributed by atoms with Crippen LogP contribution in [0.5, 0.6) is 0 Å². The van der Waals surface area contributed by atoms with E-state index in [0.29, 0.717) is 0 Å². The van der Waals surface area contributed by atoms with Crippen LogP contribution in [0.4, 0.5) is 0 Å². The Labute approximate surface area is 56.9 Å². The molecular formula is C6H15Sn. The van der Waals surface area contributed by atoms with Gasteiger partial charge in [-0.2, -0.15) is 0 Å². The van der Waals surface area contributed by atoms with Crippen molar-refractivity contribution in [3.63, 3.8) is 0 Å². The summed E-state index contributed by atoms with van der Waals surface area (Å²) in [6.45, 7) is 4.59. The summed E-state index contributed by atoms with van der Waals surface area (Å²) in [6, 6.07) is 0. The second-order valence-electron chi connectivity index (χ2n) is 1.87. The number of hydrogen-bond acceptors (Lipinski definition) is 0. The molecule has 0 N–H and O–H groups in total. The molecule has 0 aliphatic carbocycles. The summed E-state index contributed by atoms with van der Waals surface area (Å²) in [5.41, 5.74) is 0. The minimum atomic E-state index is 0.0336. The van der Waals surface area contributed by atoms with Gasteiger partial charge in [-0.1, -0.05) is 0 Å². The predicted octanol–water partition coefficient (Wildman–Crippen LogP) is 2.08. The molecule has 7 heavy (non-hydrogen) atoms. The average Bonchev–Trinajstić information content (AvgIpc) is 1.69. The molecule has 0 heterocycles. The molecule has 0 rings (SSSR count). The van der Waals surface area contributed by atoms with E-state index < -0.39 is 0 Å². The molecule has 0 atom stereocenters. The Hall–Kier alpha value is 0.799. The summed E-state index contributed by atoms with van der Waals surface area (Å²) in [4.78, 5) is 0. The van der Waals surface area contributed by atoms with E-state index in [2.05, 4.69) is 13.8 Å². The summed E-state index contributed by atoms with van der Waals surface area (Å²) < 4.78 is 3.23. The van der Waals surface area contributed by atoms with E-state index in [1.54, 1.807) is 8.87 Å². The Morgan fingerprint density at radius 1 is 1.00 bits per heavy atom. The van der Waals surface area contributed by atoms with Crippen LogP contribution in [0.25, 0.3) is 0 Å². The van der Waals surface area contributed by atoms with Gasteiger partial charge in [0.25, 0.3) is 0 Å². The monoisotopic (exact) mass is 207 g/mol. The third kappa shape index (κ3) is 6.80.